The lowest BCUT2D eigenvalue weighted by Crippen LogP contribution is -2.47. The highest BCUT2D eigenvalue weighted by Gasteiger charge is 2.20. The number of halogens is 1. The average Bonchev–Trinajstić information content (AvgIpc) is 3.13. The summed E-state index contributed by atoms with van der Waals surface area (Å²) in [7, 11) is 0. The molecule has 27 heavy (non-hydrogen) atoms. The Morgan fingerprint density at radius 2 is 2.22 bits per heavy atom. The zero-order valence-electron chi connectivity index (χ0n) is 16.2. The maximum absolute atomic E-state index is 5.81. The SMILES string of the molecule is CCNC(=NCCCOCC1CCOCC1)NC1CCc2ncnn2C1.I. The molecule has 1 saturated heterocycles. The first kappa shape index (κ1) is 22.4. The van der Waals surface area contributed by atoms with Crippen LogP contribution in [-0.4, -0.2) is 66.3 Å². The van der Waals surface area contributed by atoms with Gasteiger partial charge in [-0.1, -0.05) is 0 Å². The minimum absolute atomic E-state index is 0. The summed E-state index contributed by atoms with van der Waals surface area (Å²) in [5.74, 6) is 2.62. The Hall–Kier alpha value is -0.940. The van der Waals surface area contributed by atoms with Gasteiger partial charge in [-0.15, -0.1) is 24.0 Å². The van der Waals surface area contributed by atoms with E-state index in [1.54, 1.807) is 6.33 Å². The van der Waals surface area contributed by atoms with Gasteiger partial charge in [-0.05, 0) is 38.5 Å². The number of aryl methyl sites for hydroxylation is 1. The molecule has 1 atom stereocenters. The van der Waals surface area contributed by atoms with E-state index in [0.29, 0.717) is 12.0 Å². The molecule has 154 valence electrons. The maximum atomic E-state index is 5.81. The summed E-state index contributed by atoms with van der Waals surface area (Å²) in [5.41, 5.74) is 0. The van der Waals surface area contributed by atoms with Crippen LogP contribution in [0.25, 0.3) is 0 Å². The van der Waals surface area contributed by atoms with Crippen LogP contribution in [0.1, 0.15) is 38.4 Å². The van der Waals surface area contributed by atoms with Crippen LogP contribution in [0.5, 0.6) is 0 Å². The molecule has 2 aliphatic rings. The van der Waals surface area contributed by atoms with E-state index in [1.807, 2.05) is 4.68 Å². The molecule has 0 amide bonds. The number of aliphatic imine (C=N–C) groups is 1. The second kappa shape index (κ2) is 12.5. The van der Waals surface area contributed by atoms with Crippen LogP contribution in [0, 0.1) is 5.92 Å². The quantitative estimate of drug-likeness (QED) is 0.248. The predicted molar refractivity (Wildman–Crippen MR) is 116 cm³/mol. The Kier molecular flexibility index (Phi) is 10.4. The van der Waals surface area contributed by atoms with Gasteiger partial charge in [0.1, 0.15) is 12.2 Å². The molecule has 2 aliphatic heterocycles. The Morgan fingerprint density at radius 1 is 1.37 bits per heavy atom. The molecule has 9 heteroatoms. The lowest BCUT2D eigenvalue weighted by Gasteiger charge is -2.25. The summed E-state index contributed by atoms with van der Waals surface area (Å²) in [5, 5.41) is 11.1. The van der Waals surface area contributed by atoms with Crippen LogP contribution in [0.4, 0.5) is 0 Å². The number of guanidine groups is 1. The molecule has 3 heterocycles. The first-order chi connectivity index (χ1) is 12.8. The van der Waals surface area contributed by atoms with E-state index >= 15 is 0 Å². The van der Waals surface area contributed by atoms with Gasteiger partial charge >= 0.3 is 0 Å². The minimum atomic E-state index is 0. The summed E-state index contributed by atoms with van der Waals surface area (Å²) in [4.78, 5) is 8.96. The fourth-order valence-electron chi connectivity index (χ4n) is 3.39. The Morgan fingerprint density at radius 3 is 3.04 bits per heavy atom. The van der Waals surface area contributed by atoms with Gasteiger partial charge in [-0.3, -0.25) is 4.99 Å². The monoisotopic (exact) mass is 492 g/mol. The molecule has 1 aromatic rings. The normalized spacial score (nSPS) is 20.6. The van der Waals surface area contributed by atoms with Crippen molar-refractivity contribution < 1.29 is 9.47 Å². The molecule has 0 saturated carbocycles. The lowest BCUT2D eigenvalue weighted by atomic mass is 10.0. The third-order valence-electron chi connectivity index (χ3n) is 4.90. The molecule has 3 rings (SSSR count). The van der Waals surface area contributed by atoms with Crippen molar-refractivity contribution in [2.75, 3.05) is 39.5 Å². The molecule has 0 spiro atoms. The highest BCUT2D eigenvalue weighted by Crippen LogP contribution is 2.14. The number of nitrogens with zero attached hydrogens (tertiary/aromatic N) is 4. The van der Waals surface area contributed by atoms with E-state index in [2.05, 4.69) is 32.6 Å². The van der Waals surface area contributed by atoms with E-state index < -0.39 is 0 Å². The van der Waals surface area contributed by atoms with Gasteiger partial charge < -0.3 is 20.1 Å². The number of aromatic nitrogens is 3. The van der Waals surface area contributed by atoms with Crippen molar-refractivity contribution in [2.24, 2.45) is 10.9 Å². The van der Waals surface area contributed by atoms with Gasteiger partial charge in [0, 0.05) is 52.0 Å². The van der Waals surface area contributed by atoms with Crippen LogP contribution in [0.3, 0.4) is 0 Å². The number of hydrogen-bond donors (Lipinski definition) is 2. The first-order valence-corrected chi connectivity index (χ1v) is 9.92. The first-order valence-electron chi connectivity index (χ1n) is 9.92. The molecule has 0 aromatic carbocycles. The summed E-state index contributed by atoms with van der Waals surface area (Å²) in [6.45, 7) is 7.94. The average molecular weight is 492 g/mol. The van der Waals surface area contributed by atoms with Crippen molar-refractivity contribution in [3.8, 4) is 0 Å². The zero-order valence-corrected chi connectivity index (χ0v) is 18.6. The van der Waals surface area contributed by atoms with Crippen molar-refractivity contribution in [1.82, 2.24) is 25.4 Å². The van der Waals surface area contributed by atoms with Gasteiger partial charge in [-0.2, -0.15) is 5.10 Å². The summed E-state index contributed by atoms with van der Waals surface area (Å²) < 4.78 is 13.2. The van der Waals surface area contributed by atoms with Crippen molar-refractivity contribution in [3.05, 3.63) is 12.2 Å². The summed E-state index contributed by atoms with van der Waals surface area (Å²) in [6.07, 6.45) is 6.84. The van der Waals surface area contributed by atoms with Crippen LogP contribution < -0.4 is 10.6 Å². The number of rotatable bonds is 8. The largest absolute Gasteiger partial charge is 0.381 e. The van der Waals surface area contributed by atoms with E-state index in [0.717, 1.165) is 89.9 Å². The third-order valence-corrected chi connectivity index (χ3v) is 4.90. The van der Waals surface area contributed by atoms with Crippen LogP contribution in [0.2, 0.25) is 0 Å². The zero-order chi connectivity index (χ0) is 18.0. The molecular weight excluding hydrogens is 459 g/mol. The van der Waals surface area contributed by atoms with Crippen molar-refractivity contribution in [3.63, 3.8) is 0 Å². The van der Waals surface area contributed by atoms with E-state index in [-0.39, 0.29) is 24.0 Å². The van der Waals surface area contributed by atoms with Gasteiger partial charge in [0.15, 0.2) is 5.96 Å². The van der Waals surface area contributed by atoms with Crippen molar-refractivity contribution in [2.45, 2.75) is 51.6 Å². The number of nitrogens with one attached hydrogen (secondary N) is 2. The molecule has 0 radical (unpaired) electrons. The highest BCUT2D eigenvalue weighted by atomic mass is 127. The van der Waals surface area contributed by atoms with E-state index in [4.69, 9.17) is 9.47 Å². The molecule has 0 aliphatic carbocycles. The van der Waals surface area contributed by atoms with Gasteiger partial charge in [0.2, 0.25) is 0 Å². The smallest absolute Gasteiger partial charge is 0.191 e. The Bertz CT molecular complexity index is 562. The number of hydrogen-bond acceptors (Lipinski definition) is 5. The van der Waals surface area contributed by atoms with Crippen LogP contribution in [0.15, 0.2) is 11.3 Å². The fourth-order valence-corrected chi connectivity index (χ4v) is 3.39. The molecular formula is C18H33IN6O2. The maximum Gasteiger partial charge on any atom is 0.191 e. The van der Waals surface area contributed by atoms with E-state index in [9.17, 15) is 0 Å². The molecule has 8 nitrogen and oxygen atoms in total. The predicted octanol–water partition coefficient (Wildman–Crippen LogP) is 1.60. The fraction of sp³-hybridized carbons (Fsp3) is 0.833. The molecule has 1 unspecified atom stereocenters. The third kappa shape index (κ3) is 7.53. The van der Waals surface area contributed by atoms with Crippen molar-refractivity contribution in [1.29, 1.82) is 0 Å². The van der Waals surface area contributed by atoms with Crippen LogP contribution >= 0.6 is 24.0 Å². The molecule has 0 bridgehead atoms. The topological polar surface area (TPSA) is 85.6 Å². The number of ether oxygens (including phenoxy) is 2. The number of fused-ring (bicyclic) bond motifs is 1. The highest BCUT2D eigenvalue weighted by molar-refractivity contribution is 14.0. The Balaban J connectivity index is 0.00000261. The second-order valence-corrected chi connectivity index (χ2v) is 6.98. The molecule has 2 N–H and O–H groups in total. The van der Waals surface area contributed by atoms with Crippen molar-refractivity contribution >= 4 is 29.9 Å². The molecule has 1 aromatic heterocycles. The standard InChI is InChI=1S/C18H32N6O2.HI/c1-2-19-18(23-16-4-5-17-21-14-22-24(17)12-16)20-8-3-9-26-13-15-6-10-25-11-7-15;/h14-16H,2-13H2,1H3,(H2,19,20,23);1H. The van der Waals surface area contributed by atoms with E-state index in [1.165, 1.54) is 0 Å². The lowest BCUT2D eigenvalue weighted by molar-refractivity contribution is 0.0205. The van der Waals surface area contributed by atoms with Gasteiger partial charge in [0.25, 0.3) is 0 Å². The van der Waals surface area contributed by atoms with Crippen LogP contribution in [-0.2, 0) is 22.4 Å². The van der Waals surface area contributed by atoms with Gasteiger partial charge in [0.05, 0.1) is 6.54 Å². The summed E-state index contributed by atoms with van der Waals surface area (Å²) >= 11 is 0. The molecule has 1 fully saturated rings. The Labute approximate surface area is 178 Å². The minimum Gasteiger partial charge on any atom is -0.381 e. The second-order valence-electron chi connectivity index (χ2n) is 6.98. The summed E-state index contributed by atoms with van der Waals surface area (Å²) in [6, 6.07) is 0.340. The van der Waals surface area contributed by atoms with Gasteiger partial charge in [-0.25, -0.2) is 9.67 Å².